The zero-order valence-electron chi connectivity index (χ0n) is 15.9. The molecule has 154 valence electrons. The van der Waals surface area contributed by atoms with Crippen molar-refractivity contribution in [2.24, 2.45) is 5.10 Å². The maximum Gasteiger partial charge on any atom is 0.274 e. The quantitative estimate of drug-likeness (QED) is 0.671. The summed E-state index contributed by atoms with van der Waals surface area (Å²) in [5, 5.41) is 5.84. The SMILES string of the molecule is CS(=O)(=O)Nc1ccc(C2=NN(C(=O)c3ccc(F)cc3)[C@@H](c3ccco3)C2)cc1. The van der Waals surface area contributed by atoms with Crippen LogP contribution in [0.25, 0.3) is 0 Å². The smallest absolute Gasteiger partial charge is 0.274 e. The van der Waals surface area contributed by atoms with E-state index in [1.807, 2.05) is 0 Å². The van der Waals surface area contributed by atoms with Crippen LogP contribution >= 0.6 is 0 Å². The van der Waals surface area contributed by atoms with Crippen molar-refractivity contribution in [1.82, 2.24) is 5.01 Å². The molecule has 1 amide bonds. The molecular weight excluding hydrogens is 409 g/mol. The largest absolute Gasteiger partial charge is 0.467 e. The van der Waals surface area contributed by atoms with Gasteiger partial charge in [0.05, 0.1) is 18.2 Å². The molecule has 1 aliphatic heterocycles. The van der Waals surface area contributed by atoms with Gasteiger partial charge in [0.2, 0.25) is 10.0 Å². The summed E-state index contributed by atoms with van der Waals surface area (Å²) in [6.07, 6.45) is 3.02. The third-order valence-electron chi connectivity index (χ3n) is 4.60. The number of furan rings is 1. The predicted molar refractivity (Wildman–Crippen MR) is 110 cm³/mol. The van der Waals surface area contributed by atoms with Crippen molar-refractivity contribution < 1.29 is 22.0 Å². The van der Waals surface area contributed by atoms with Crippen LogP contribution in [0.5, 0.6) is 0 Å². The Bertz CT molecular complexity index is 1190. The van der Waals surface area contributed by atoms with E-state index in [-0.39, 0.29) is 5.91 Å². The van der Waals surface area contributed by atoms with Gasteiger partial charge in [-0.2, -0.15) is 5.10 Å². The number of amides is 1. The summed E-state index contributed by atoms with van der Waals surface area (Å²) >= 11 is 0. The van der Waals surface area contributed by atoms with E-state index >= 15 is 0 Å². The molecule has 0 unspecified atom stereocenters. The monoisotopic (exact) mass is 427 g/mol. The minimum atomic E-state index is -3.37. The molecule has 7 nitrogen and oxygen atoms in total. The average Bonchev–Trinajstić information content (AvgIpc) is 3.37. The first-order chi connectivity index (χ1) is 14.3. The van der Waals surface area contributed by atoms with E-state index in [1.54, 1.807) is 36.4 Å². The van der Waals surface area contributed by atoms with Gasteiger partial charge in [-0.05, 0) is 54.1 Å². The molecule has 3 aromatic rings. The lowest BCUT2D eigenvalue weighted by molar-refractivity contribution is 0.0693. The lowest BCUT2D eigenvalue weighted by Crippen LogP contribution is -2.26. The first-order valence-corrected chi connectivity index (χ1v) is 11.0. The van der Waals surface area contributed by atoms with Crippen molar-refractivity contribution in [3.05, 3.63) is 89.6 Å². The van der Waals surface area contributed by atoms with E-state index in [2.05, 4.69) is 9.82 Å². The molecule has 0 saturated heterocycles. The number of carbonyl (C=O) groups is 1. The molecule has 1 aliphatic rings. The number of hydrogen-bond acceptors (Lipinski definition) is 5. The van der Waals surface area contributed by atoms with Crippen LogP contribution in [0.4, 0.5) is 10.1 Å². The molecule has 1 atom stereocenters. The number of carbonyl (C=O) groups excluding carboxylic acids is 1. The summed E-state index contributed by atoms with van der Waals surface area (Å²) in [6.45, 7) is 0. The Morgan fingerprint density at radius 3 is 2.43 bits per heavy atom. The topological polar surface area (TPSA) is 92.0 Å². The minimum absolute atomic E-state index is 0.311. The molecule has 1 aromatic heterocycles. The van der Waals surface area contributed by atoms with Gasteiger partial charge >= 0.3 is 0 Å². The summed E-state index contributed by atoms with van der Waals surface area (Å²) in [5.41, 5.74) is 2.14. The zero-order chi connectivity index (χ0) is 21.3. The van der Waals surface area contributed by atoms with Gasteiger partial charge in [-0.15, -0.1) is 0 Å². The van der Waals surface area contributed by atoms with Crippen LogP contribution in [-0.2, 0) is 10.0 Å². The molecule has 9 heteroatoms. The van der Waals surface area contributed by atoms with Crippen molar-refractivity contribution in [2.75, 3.05) is 11.0 Å². The van der Waals surface area contributed by atoms with E-state index < -0.39 is 21.9 Å². The lowest BCUT2D eigenvalue weighted by Gasteiger charge is -2.19. The molecule has 2 aromatic carbocycles. The van der Waals surface area contributed by atoms with Crippen LogP contribution < -0.4 is 4.72 Å². The zero-order valence-corrected chi connectivity index (χ0v) is 16.8. The lowest BCUT2D eigenvalue weighted by atomic mass is 10.0. The molecule has 0 saturated carbocycles. The molecule has 1 N–H and O–H groups in total. The fourth-order valence-electron chi connectivity index (χ4n) is 3.24. The summed E-state index contributed by atoms with van der Waals surface area (Å²) in [5.74, 6) is -0.219. The molecular formula is C21H18FN3O4S. The van der Waals surface area contributed by atoms with Gasteiger partial charge in [-0.3, -0.25) is 9.52 Å². The standard InChI is InChI=1S/C21H18FN3O4S/c1-30(27,28)24-17-10-6-14(7-11-17)18-13-19(20-3-2-12-29-20)25(23-18)21(26)15-4-8-16(22)9-5-15/h2-12,19,24H,13H2,1H3/t19-/m1/s1. The second-order valence-corrected chi connectivity index (χ2v) is 8.64. The molecule has 30 heavy (non-hydrogen) atoms. The van der Waals surface area contributed by atoms with Crippen LogP contribution in [0.15, 0.2) is 76.4 Å². The number of rotatable bonds is 5. The van der Waals surface area contributed by atoms with Crippen LogP contribution in [0.3, 0.4) is 0 Å². The Morgan fingerprint density at radius 1 is 1.13 bits per heavy atom. The number of benzene rings is 2. The van der Waals surface area contributed by atoms with Crippen molar-refractivity contribution in [1.29, 1.82) is 0 Å². The maximum atomic E-state index is 13.2. The van der Waals surface area contributed by atoms with Gasteiger partial charge < -0.3 is 4.42 Å². The van der Waals surface area contributed by atoms with E-state index in [4.69, 9.17) is 4.42 Å². The second kappa shape index (κ2) is 7.75. The Labute approximate surface area is 172 Å². The number of anilines is 1. The Morgan fingerprint density at radius 2 is 1.83 bits per heavy atom. The third kappa shape index (κ3) is 4.25. The van der Waals surface area contributed by atoms with Crippen molar-refractivity contribution in [2.45, 2.75) is 12.5 Å². The highest BCUT2D eigenvalue weighted by Gasteiger charge is 2.35. The van der Waals surface area contributed by atoms with Crippen LogP contribution in [0, 0.1) is 5.82 Å². The van der Waals surface area contributed by atoms with Gasteiger partial charge in [0.15, 0.2) is 0 Å². The number of hydrazone groups is 1. The summed E-state index contributed by atoms with van der Waals surface area (Å²) in [7, 11) is -3.37. The Kier molecular flexibility index (Phi) is 5.13. The average molecular weight is 427 g/mol. The number of halogens is 1. The molecule has 0 fully saturated rings. The summed E-state index contributed by atoms with van der Waals surface area (Å²) in [4.78, 5) is 13.0. The Balaban J connectivity index is 1.65. The molecule has 0 spiro atoms. The number of nitrogens with zero attached hydrogens (tertiary/aromatic N) is 2. The molecule has 2 heterocycles. The van der Waals surface area contributed by atoms with Crippen molar-refractivity contribution in [3.63, 3.8) is 0 Å². The first-order valence-electron chi connectivity index (χ1n) is 9.08. The van der Waals surface area contributed by atoms with Crippen LogP contribution in [0.1, 0.15) is 34.1 Å². The summed E-state index contributed by atoms with van der Waals surface area (Å²) in [6, 6.07) is 15.1. The molecule has 4 rings (SSSR count). The van der Waals surface area contributed by atoms with Gasteiger partial charge in [-0.25, -0.2) is 17.8 Å². The fraction of sp³-hybridized carbons (Fsp3) is 0.143. The van der Waals surface area contributed by atoms with Crippen LogP contribution in [-0.4, -0.2) is 31.3 Å². The van der Waals surface area contributed by atoms with Crippen molar-refractivity contribution >= 4 is 27.3 Å². The first kappa shape index (κ1) is 19.8. The molecule has 0 radical (unpaired) electrons. The van der Waals surface area contributed by atoms with Gasteiger partial charge in [-0.1, -0.05) is 12.1 Å². The molecule has 0 aliphatic carbocycles. The van der Waals surface area contributed by atoms with E-state index in [1.165, 1.54) is 35.5 Å². The summed E-state index contributed by atoms with van der Waals surface area (Å²) < 4.78 is 43.9. The maximum absolute atomic E-state index is 13.2. The van der Waals surface area contributed by atoms with E-state index in [9.17, 15) is 17.6 Å². The number of nitrogens with one attached hydrogen (secondary N) is 1. The highest BCUT2D eigenvalue weighted by Crippen LogP contribution is 2.34. The van der Waals surface area contributed by atoms with E-state index in [0.717, 1.165) is 11.8 Å². The van der Waals surface area contributed by atoms with Gasteiger partial charge in [0.1, 0.15) is 17.6 Å². The highest BCUT2D eigenvalue weighted by atomic mass is 32.2. The van der Waals surface area contributed by atoms with Crippen molar-refractivity contribution in [3.8, 4) is 0 Å². The minimum Gasteiger partial charge on any atom is -0.467 e. The number of hydrogen-bond donors (Lipinski definition) is 1. The Hall–Kier alpha value is -3.46. The van der Waals surface area contributed by atoms with Gasteiger partial charge in [0, 0.05) is 17.7 Å². The van der Waals surface area contributed by atoms with Crippen LogP contribution in [0.2, 0.25) is 0 Å². The predicted octanol–water partition coefficient (Wildman–Crippen LogP) is 3.78. The highest BCUT2D eigenvalue weighted by molar-refractivity contribution is 7.92. The number of sulfonamides is 1. The molecule has 0 bridgehead atoms. The second-order valence-electron chi connectivity index (χ2n) is 6.89. The van der Waals surface area contributed by atoms with E-state index in [0.29, 0.717) is 29.1 Å². The third-order valence-corrected chi connectivity index (χ3v) is 5.21. The fourth-order valence-corrected chi connectivity index (χ4v) is 3.81. The van der Waals surface area contributed by atoms with Gasteiger partial charge in [0.25, 0.3) is 5.91 Å². The normalized spacial score (nSPS) is 16.4.